The first-order chi connectivity index (χ1) is 11.4. The maximum absolute atomic E-state index is 12.2. The molecule has 0 aliphatic heterocycles. The molecule has 0 saturated carbocycles. The average Bonchev–Trinajstić information content (AvgIpc) is 2.57. The molecule has 0 aliphatic rings. The molecule has 24 heavy (non-hydrogen) atoms. The van der Waals surface area contributed by atoms with E-state index in [1.165, 1.54) is 11.6 Å². The van der Waals surface area contributed by atoms with E-state index in [0.29, 0.717) is 19.0 Å². The first-order valence-corrected chi connectivity index (χ1v) is 7.53. The fourth-order valence-corrected chi connectivity index (χ4v) is 2.58. The lowest BCUT2D eigenvalue weighted by atomic mass is 10.2. The van der Waals surface area contributed by atoms with E-state index < -0.39 is 11.2 Å². The Morgan fingerprint density at radius 2 is 1.79 bits per heavy atom. The van der Waals surface area contributed by atoms with Crippen molar-refractivity contribution in [1.29, 1.82) is 5.26 Å². The highest BCUT2D eigenvalue weighted by Gasteiger charge is 2.18. The van der Waals surface area contributed by atoms with Gasteiger partial charge in [-0.3, -0.25) is 13.9 Å². The zero-order chi connectivity index (χ0) is 17.9. The minimum Gasteiger partial charge on any atom is -0.494 e. The van der Waals surface area contributed by atoms with Crippen LogP contribution in [0.15, 0.2) is 33.9 Å². The van der Waals surface area contributed by atoms with Crippen molar-refractivity contribution >= 4 is 5.82 Å². The molecule has 0 bridgehead atoms. The lowest BCUT2D eigenvalue weighted by Gasteiger charge is -2.23. The Morgan fingerprint density at radius 1 is 1.17 bits per heavy atom. The predicted molar refractivity (Wildman–Crippen MR) is 91.4 cm³/mol. The molecule has 2 aromatic rings. The standard InChI is InChI=1S/C17H20N4O3/c1-5-24-13-8-6-12(7-9-13)11-19(2)15-14(10-18)16(22)21(4)17(23)20(15)3/h6-9H,5,11H2,1-4H3. The third-order valence-electron chi connectivity index (χ3n) is 3.76. The van der Waals surface area contributed by atoms with E-state index in [2.05, 4.69) is 0 Å². The summed E-state index contributed by atoms with van der Waals surface area (Å²) in [5, 5.41) is 9.33. The van der Waals surface area contributed by atoms with Crippen molar-refractivity contribution in [1.82, 2.24) is 9.13 Å². The van der Waals surface area contributed by atoms with E-state index in [4.69, 9.17) is 4.74 Å². The number of nitrogens with zero attached hydrogens (tertiary/aromatic N) is 4. The van der Waals surface area contributed by atoms with Crippen molar-refractivity contribution in [2.24, 2.45) is 14.1 Å². The molecule has 0 amide bonds. The molecule has 126 valence electrons. The highest BCUT2D eigenvalue weighted by atomic mass is 16.5. The Bertz CT molecular complexity index is 888. The van der Waals surface area contributed by atoms with Crippen LogP contribution in [0.5, 0.6) is 5.75 Å². The van der Waals surface area contributed by atoms with Gasteiger partial charge in [0.15, 0.2) is 5.56 Å². The Kier molecular flexibility index (Phi) is 5.09. The van der Waals surface area contributed by atoms with Gasteiger partial charge in [-0.2, -0.15) is 5.26 Å². The number of hydrogen-bond acceptors (Lipinski definition) is 5. The van der Waals surface area contributed by atoms with Crippen LogP contribution in [0.1, 0.15) is 18.1 Å². The molecule has 0 saturated heterocycles. The number of anilines is 1. The highest BCUT2D eigenvalue weighted by molar-refractivity contribution is 5.53. The van der Waals surface area contributed by atoms with Gasteiger partial charge in [0, 0.05) is 27.7 Å². The van der Waals surface area contributed by atoms with Crippen LogP contribution in [0.4, 0.5) is 5.82 Å². The largest absolute Gasteiger partial charge is 0.494 e. The summed E-state index contributed by atoms with van der Waals surface area (Å²) >= 11 is 0. The summed E-state index contributed by atoms with van der Waals surface area (Å²) in [6.07, 6.45) is 0. The minimum absolute atomic E-state index is 0.0481. The molecule has 7 heteroatoms. The summed E-state index contributed by atoms with van der Waals surface area (Å²) in [6.45, 7) is 2.96. The van der Waals surface area contributed by atoms with Crippen LogP contribution in [-0.2, 0) is 20.6 Å². The van der Waals surface area contributed by atoms with Crippen LogP contribution in [0.25, 0.3) is 0 Å². The number of aromatic nitrogens is 2. The Labute approximate surface area is 139 Å². The number of benzene rings is 1. The van der Waals surface area contributed by atoms with Gasteiger partial charge < -0.3 is 9.64 Å². The normalized spacial score (nSPS) is 10.3. The van der Waals surface area contributed by atoms with Crippen LogP contribution < -0.4 is 20.9 Å². The van der Waals surface area contributed by atoms with Crippen molar-refractivity contribution in [3.8, 4) is 11.8 Å². The van der Waals surface area contributed by atoms with E-state index in [0.717, 1.165) is 15.9 Å². The van der Waals surface area contributed by atoms with Crippen LogP contribution in [0.3, 0.4) is 0 Å². The van der Waals surface area contributed by atoms with Gasteiger partial charge in [-0.1, -0.05) is 12.1 Å². The highest BCUT2D eigenvalue weighted by Crippen LogP contribution is 2.18. The van der Waals surface area contributed by atoms with Crippen LogP contribution in [0.2, 0.25) is 0 Å². The molecule has 0 spiro atoms. The molecule has 0 aliphatic carbocycles. The van der Waals surface area contributed by atoms with Crippen molar-refractivity contribution in [3.63, 3.8) is 0 Å². The second-order valence-corrected chi connectivity index (χ2v) is 5.45. The third kappa shape index (κ3) is 3.18. The summed E-state index contributed by atoms with van der Waals surface area (Å²) in [5.41, 5.74) is -0.132. The summed E-state index contributed by atoms with van der Waals surface area (Å²) in [6, 6.07) is 9.45. The summed E-state index contributed by atoms with van der Waals surface area (Å²) in [5.74, 6) is 1.09. The number of rotatable bonds is 5. The summed E-state index contributed by atoms with van der Waals surface area (Å²) in [7, 11) is 4.65. The van der Waals surface area contributed by atoms with Crippen LogP contribution in [0, 0.1) is 11.3 Å². The van der Waals surface area contributed by atoms with Gasteiger partial charge in [0.25, 0.3) is 5.56 Å². The van der Waals surface area contributed by atoms with Crippen LogP contribution >= 0.6 is 0 Å². The lowest BCUT2D eigenvalue weighted by Crippen LogP contribution is -2.41. The molecule has 0 unspecified atom stereocenters. The second kappa shape index (κ2) is 7.04. The molecule has 0 fully saturated rings. The molecule has 2 rings (SSSR count). The van der Waals surface area contributed by atoms with Crippen molar-refractivity contribution < 1.29 is 4.74 Å². The predicted octanol–water partition coefficient (Wildman–Crippen LogP) is 0.991. The molecular formula is C17H20N4O3. The zero-order valence-electron chi connectivity index (χ0n) is 14.2. The Balaban J connectivity index is 2.40. The number of nitriles is 1. The van der Waals surface area contributed by atoms with Gasteiger partial charge in [0.05, 0.1) is 6.61 Å². The summed E-state index contributed by atoms with van der Waals surface area (Å²) < 4.78 is 7.66. The molecule has 0 radical (unpaired) electrons. The van der Waals surface area contributed by atoms with Crippen molar-refractivity contribution in [2.45, 2.75) is 13.5 Å². The topological polar surface area (TPSA) is 80.3 Å². The third-order valence-corrected chi connectivity index (χ3v) is 3.76. The molecule has 1 aromatic heterocycles. The summed E-state index contributed by atoms with van der Waals surface area (Å²) in [4.78, 5) is 26.0. The van der Waals surface area contributed by atoms with Gasteiger partial charge in [-0.05, 0) is 24.6 Å². The molecule has 1 heterocycles. The SMILES string of the molecule is CCOc1ccc(CN(C)c2c(C#N)c(=O)n(C)c(=O)n2C)cc1. The van der Waals surface area contributed by atoms with Crippen molar-refractivity contribution in [3.05, 3.63) is 56.2 Å². The second-order valence-electron chi connectivity index (χ2n) is 5.45. The Morgan fingerprint density at radius 3 is 2.33 bits per heavy atom. The zero-order valence-corrected chi connectivity index (χ0v) is 14.2. The van der Waals surface area contributed by atoms with E-state index in [1.807, 2.05) is 37.3 Å². The molecular weight excluding hydrogens is 308 g/mol. The van der Waals surface area contributed by atoms with E-state index in [1.54, 1.807) is 19.0 Å². The van der Waals surface area contributed by atoms with Crippen LogP contribution in [-0.4, -0.2) is 22.8 Å². The van der Waals surface area contributed by atoms with E-state index in [9.17, 15) is 14.9 Å². The minimum atomic E-state index is -0.589. The van der Waals surface area contributed by atoms with E-state index in [-0.39, 0.29) is 5.56 Å². The molecule has 0 N–H and O–H groups in total. The molecule has 0 atom stereocenters. The average molecular weight is 328 g/mol. The first kappa shape index (κ1) is 17.3. The number of ether oxygens (including phenoxy) is 1. The van der Waals surface area contributed by atoms with Crippen molar-refractivity contribution in [2.75, 3.05) is 18.6 Å². The monoisotopic (exact) mass is 328 g/mol. The lowest BCUT2D eigenvalue weighted by molar-refractivity contribution is 0.340. The first-order valence-electron chi connectivity index (χ1n) is 7.53. The van der Waals surface area contributed by atoms with E-state index >= 15 is 0 Å². The molecule has 1 aromatic carbocycles. The fourth-order valence-electron chi connectivity index (χ4n) is 2.58. The number of hydrogen-bond donors (Lipinski definition) is 0. The quantitative estimate of drug-likeness (QED) is 0.818. The Hall–Kier alpha value is -3.01. The fraction of sp³-hybridized carbons (Fsp3) is 0.353. The van der Waals surface area contributed by atoms with Gasteiger partial charge in [-0.15, -0.1) is 0 Å². The molecule has 7 nitrogen and oxygen atoms in total. The van der Waals surface area contributed by atoms with Gasteiger partial charge >= 0.3 is 5.69 Å². The van der Waals surface area contributed by atoms with Gasteiger partial charge in [0.1, 0.15) is 17.6 Å². The van der Waals surface area contributed by atoms with Gasteiger partial charge in [0.2, 0.25) is 0 Å². The van der Waals surface area contributed by atoms with Gasteiger partial charge in [-0.25, -0.2) is 4.79 Å². The maximum Gasteiger partial charge on any atom is 0.332 e. The maximum atomic E-state index is 12.2. The smallest absolute Gasteiger partial charge is 0.332 e.